The first-order valence-electron chi connectivity index (χ1n) is 8.39. The van der Waals surface area contributed by atoms with Gasteiger partial charge in [0.2, 0.25) is 0 Å². The Bertz CT molecular complexity index is 1390. The van der Waals surface area contributed by atoms with Crippen molar-refractivity contribution < 1.29 is 9.30 Å². The number of methoxy groups -OCH3 is 1. The van der Waals surface area contributed by atoms with Gasteiger partial charge in [-0.25, -0.2) is 9.36 Å². The molecule has 128 valence electrons. The molecule has 2 heterocycles. The van der Waals surface area contributed by atoms with Crippen LogP contribution >= 0.6 is 11.8 Å². The molecule has 5 heteroatoms. The van der Waals surface area contributed by atoms with Gasteiger partial charge in [0.25, 0.3) is 5.65 Å². The summed E-state index contributed by atoms with van der Waals surface area (Å²) in [6, 6.07) is 16.1. The van der Waals surface area contributed by atoms with E-state index in [-0.39, 0.29) is 5.56 Å². The van der Waals surface area contributed by atoms with Crippen LogP contribution in [0.3, 0.4) is 0 Å². The van der Waals surface area contributed by atoms with Crippen LogP contribution in [0.15, 0.2) is 58.2 Å². The minimum atomic E-state index is 0.00945. The molecule has 0 spiro atoms. The van der Waals surface area contributed by atoms with Crippen molar-refractivity contribution in [3.8, 4) is 5.75 Å². The first-order chi connectivity index (χ1) is 12.7. The normalized spacial score (nSPS) is 12.0. The van der Waals surface area contributed by atoms with Gasteiger partial charge in [-0.1, -0.05) is 12.1 Å². The van der Waals surface area contributed by atoms with Gasteiger partial charge in [0, 0.05) is 16.3 Å². The Morgan fingerprint density at radius 3 is 2.62 bits per heavy atom. The molecule has 0 bridgehead atoms. The van der Waals surface area contributed by atoms with Crippen molar-refractivity contribution in [3.63, 3.8) is 0 Å². The summed E-state index contributed by atoms with van der Waals surface area (Å²) in [5.74, 6) is 0.743. The van der Waals surface area contributed by atoms with E-state index >= 15 is 0 Å². The van der Waals surface area contributed by atoms with Crippen molar-refractivity contribution in [2.24, 2.45) is 7.05 Å². The first kappa shape index (κ1) is 15.5. The van der Waals surface area contributed by atoms with E-state index in [0.29, 0.717) is 0 Å². The lowest BCUT2D eigenvalue weighted by Crippen LogP contribution is -2.29. The van der Waals surface area contributed by atoms with Gasteiger partial charge in [0.15, 0.2) is 11.0 Å². The van der Waals surface area contributed by atoms with E-state index in [1.807, 2.05) is 41.8 Å². The molecule has 4 nitrogen and oxygen atoms in total. The van der Waals surface area contributed by atoms with E-state index in [2.05, 4.69) is 29.0 Å². The molecule has 26 heavy (non-hydrogen) atoms. The monoisotopic (exact) mass is 361 g/mol. The molecule has 0 amide bonds. The molecule has 0 radical (unpaired) electrons. The minimum Gasteiger partial charge on any atom is -0.497 e. The number of hydrogen-bond donors (Lipinski definition) is 0. The van der Waals surface area contributed by atoms with Crippen LogP contribution in [0.5, 0.6) is 5.75 Å². The number of benzene rings is 3. The number of aryl methyl sites for hydroxylation is 1. The van der Waals surface area contributed by atoms with Crippen LogP contribution in [0.4, 0.5) is 0 Å². The van der Waals surface area contributed by atoms with Crippen molar-refractivity contribution in [1.29, 1.82) is 0 Å². The molecular weight excluding hydrogens is 344 g/mol. The number of imidazole rings is 1. The highest BCUT2D eigenvalue weighted by Crippen LogP contribution is 2.34. The van der Waals surface area contributed by atoms with Crippen LogP contribution in [0.2, 0.25) is 0 Å². The smallest absolute Gasteiger partial charge is 0.347 e. The maximum Gasteiger partial charge on any atom is 0.347 e. The maximum atomic E-state index is 13.4. The van der Waals surface area contributed by atoms with Gasteiger partial charge < -0.3 is 4.74 Å². The summed E-state index contributed by atoms with van der Waals surface area (Å²) >= 11 is 1.71. The zero-order valence-corrected chi connectivity index (χ0v) is 15.6. The summed E-state index contributed by atoms with van der Waals surface area (Å²) in [4.78, 5) is 14.6. The number of pyridine rings is 1. The SMILES string of the molecule is COc1ccc2c(c1)n1c(=O)c3cccc4c(SC)ccc(c43)c1[n+]2C. The Morgan fingerprint density at radius 2 is 1.85 bits per heavy atom. The second kappa shape index (κ2) is 5.35. The lowest BCUT2D eigenvalue weighted by molar-refractivity contribution is -0.617. The number of rotatable bonds is 2. The van der Waals surface area contributed by atoms with Crippen LogP contribution in [0.25, 0.3) is 38.2 Å². The lowest BCUT2D eigenvalue weighted by atomic mass is 10.0. The molecule has 0 aliphatic rings. The van der Waals surface area contributed by atoms with E-state index in [1.165, 1.54) is 4.90 Å². The van der Waals surface area contributed by atoms with Gasteiger partial charge in [0.05, 0.1) is 24.9 Å². The summed E-state index contributed by atoms with van der Waals surface area (Å²) < 4.78 is 9.29. The summed E-state index contributed by atoms with van der Waals surface area (Å²) in [5.41, 5.74) is 2.79. The number of aromatic nitrogens is 2. The van der Waals surface area contributed by atoms with Gasteiger partial charge in [-0.05, 0) is 42.0 Å². The van der Waals surface area contributed by atoms with Gasteiger partial charge >= 0.3 is 5.56 Å². The fraction of sp³-hybridized carbons (Fsp3) is 0.143. The van der Waals surface area contributed by atoms with Gasteiger partial charge in [-0.15, -0.1) is 11.8 Å². The Morgan fingerprint density at radius 1 is 1.04 bits per heavy atom. The lowest BCUT2D eigenvalue weighted by Gasteiger charge is -2.08. The molecule has 0 saturated heterocycles. The molecular formula is C21H17N2O2S+. The molecule has 3 aromatic carbocycles. The molecule has 0 N–H and O–H groups in total. The van der Waals surface area contributed by atoms with E-state index < -0.39 is 0 Å². The van der Waals surface area contributed by atoms with Crippen LogP contribution in [0, 0.1) is 0 Å². The van der Waals surface area contributed by atoms with E-state index in [4.69, 9.17) is 4.74 Å². The topological polar surface area (TPSA) is 34.6 Å². The predicted octanol–water partition coefficient (Wildman–Crippen LogP) is 3.75. The molecule has 5 rings (SSSR count). The minimum absolute atomic E-state index is 0.00945. The van der Waals surface area contributed by atoms with Crippen molar-refractivity contribution >= 4 is 50.0 Å². The molecule has 2 aromatic heterocycles. The summed E-state index contributed by atoms with van der Waals surface area (Å²) in [7, 11) is 3.65. The van der Waals surface area contributed by atoms with E-state index in [9.17, 15) is 4.79 Å². The van der Waals surface area contributed by atoms with Crippen molar-refractivity contribution in [1.82, 2.24) is 4.40 Å². The fourth-order valence-electron chi connectivity index (χ4n) is 4.02. The largest absolute Gasteiger partial charge is 0.497 e. The van der Waals surface area contributed by atoms with Gasteiger partial charge in [-0.3, -0.25) is 0 Å². The summed E-state index contributed by atoms with van der Waals surface area (Å²) in [5, 5.41) is 4.02. The molecule has 0 saturated carbocycles. The molecule has 5 aromatic rings. The molecule has 0 unspecified atom stereocenters. The highest BCUT2D eigenvalue weighted by molar-refractivity contribution is 7.98. The van der Waals surface area contributed by atoms with Gasteiger partial charge in [0.1, 0.15) is 5.75 Å². The fourth-order valence-corrected chi connectivity index (χ4v) is 4.61. The average molecular weight is 361 g/mol. The highest BCUT2D eigenvalue weighted by Gasteiger charge is 2.25. The van der Waals surface area contributed by atoms with Crippen molar-refractivity contribution in [2.45, 2.75) is 4.90 Å². The van der Waals surface area contributed by atoms with Gasteiger partial charge in [-0.2, -0.15) is 4.40 Å². The first-order valence-corrected chi connectivity index (χ1v) is 9.61. The maximum absolute atomic E-state index is 13.4. The third-order valence-corrected chi connectivity index (χ3v) is 6.01. The zero-order chi connectivity index (χ0) is 18.0. The molecule has 0 aliphatic heterocycles. The molecule has 0 fully saturated rings. The average Bonchev–Trinajstić information content (AvgIpc) is 2.98. The number of hydrogen-bond acceptors (Lipinski definition) is 3. The number of thioether (sulfide) groups is 1. The predicted molar refractivity (Wildman–Crippen MR) is 107 cm³/mol. The second-order valence-corrected chi connectivity index (χ2v) is 7.27. The Labute approximate surface area is 154 Å². The van der Waals surface area contributed by atoms with Crippen LogP contribution < -0.4 is 14.9 Å². The third-order valence-electron chi connectivity index (χ3n) is 5.21. The number of ether oxygens (including phenoxy) is 1. The zero-order valence-electron chi connectivity index (χ0n) is 14.7. The summed E-state index contributed by atoms with van der Waals surface area (Å²) in [6.07, 6.45) is 2.07. The van der Waals surface area contributed by atoms with Crippen molar-refractivity contribution in [3.05, 3.63) is 58.9 Å². The van der Waals surface area contributed by atoms with E-state index in [0.717, 1.165) is 44.0 Å². The van der Waals surface area contributed by atoms with E-state index in [1.54, 1.807) is 18.9 Å². The Kier molecular flexibility index (Phi) is 3.18. The number of fused-ring (bicyclic) bond motifs is 4. The molecule has 0 aliphatic carbocycles. The third kappa shape index (κ3) is 1.81. The highest BCUT2D eigenvalue weighted by atomic mass is 32.2. The van der Waals surface area contributed by atoms with Crippen molar-refractivity contribution in [2.75, 3.05) is 13.4 Å². The second-order valence-electron chi connectivity index (χ2n) is 6.42. The quantitative estimate of drug-likeness (QED) is 0.355. The summed E-state index contributed by atoms with van der Waals surface area (Å²) in [6.45, 7) is 0. The number of nitrogens with zero attached hydrogens (tertiary/aromatic N) is 2. The van der Waals surface area contributed by atoms with Crippen LogP contribution in [-0.2, 0) is 7.05 Å². The van der Waals surface area contributed by atoms with Crippen LogP contribution in [0.1, 0.15) is 0 Å². The standard InChI is InChI=1S/C21H17N2O2S/c1-22-16-9-7-12(25-2)11-17(16)23-20(22)14-8-10-18(26-3)13-5-4-6-15(19(13)14)21(23)24/h4-11H,1-3H3/q+1. The molecule has 0 atom stereocenters. The van der Waals surface area contributed by atoms with Crippen LogP contribution in [-0.4, -0.2) is 17.8 Å². The Hall–Kier alpha value is -2.79. The Balaban J connectivity index is 2.15.